The predicted octanol–water partition coefficient (Wildman–Crippen LogP) is 4.67. The van der Waals surface area contributed by atoms with E-state index >= 15 is 0 Å². The maximum Gasteiger partial charge on any atom is 0.243 e. The Morgan fingerprint density at radius 2 is 1.65 bits per heavy atom. The summed E-state index contributed by atoms with van der Waals surface area (Å²) >= 11 is 5.92. The summed E-state index contributed by atoms with van der Waals surface area (Å²) < 4.78 is 33.9. The Labute approximate surface area is 205 Å². The Morgan fingerprint density at radius 3 is 2.35 bits per heavy atom. The van der Waals surface area contributed by atoms with Gasteiger partial charge in [-0.2, -0.15) is 9.29 Å². The molecule has 1 atom stereocenters. The zero-order valence-corrected chi connectivity index (χ0v) is 20.8. The number of para-hydroxylation sites is 1. The van der Waals surface area contributed by atoms with E-state index in [1.54, 1.807) is 24.3 Å². The number of halogens is 1. The third kappa shape index (κ3) is 4.77. The first kappa shape index (κ1) is 23.5. The zero-order chi connectivity index (χ0) is 23.7. The van der Waals surface area contributed by atoms with Crippen molar-refractivity contribution in [2.75, 3.05) is 26.2 Å². The third-order valence-corrected chi connectivity index (χ3v) is 8.98. The molecule has 0 amide bonds. The van der Waals surface area contributed by atoms with Gasteiger partial charge >= 0.3 is 0 Å². The number of hydrogen-bond donors (Lipinski definition) is 0. The molecule has 0 bridgehead atoms. The van der Waals surface area contributed by atoms with Gasteiger partial charge in [0.05, 0.1) is 21.8 Å². The number of ether oxygens (including phenoxy) is 1. The van der Waals surface area contributed by atoms with E-state index < -0.39 is 10.0 Å². The molecule has 0 N–H and O–H groups in total. The molecule has 2 aromatic carbocycles. The molecule has 0 radical (unpaired) electrons. The fraction of sp³-hybridized carbons (Fsp3) is 0.440. The van der Waals surface area contributed by atoms with E-state index in [4.69, 9.17) is 26.3 Å². The minimum absolute atomic E-state index is 0.0593. The molecular formula is C25H29ClN4O3S. The number of hydrogen-bond acceptors (Lipinski definition) is 6. The van der Waals surface area contributed by atoms with E-state index in [0.29, 0.717) is 42.9 Å². The first-order valence-corrected chi connectivity index (χ1v) is 13.7. The molecule has 34 heavy (non-hydrogen) atoms. The minimum atomic E-state index is -3.54. The van der Waals surface area contributed by atoms with Gasteiger partial charge < -0.3 is 4.74 Å². The molecule has 2 fully saturated rings. The molecule has 9 heteroatoms. The van der Waals surface area contributed by atoms with Crippen molar-refractivity contribution in [1.29, 1.82) is 0 Å². The van der Waals surface area contributed by atoms with E-state index in [9.17, 15) is 8.42 Å². The quantitative estimate of drug-likeness (QED) is 0.489. The van der Waals surface area contributed by atoms with Crippen LogP contribution in [-0.2, 0) is 10.0 Å². The highest BCUT2D eigenvalue weighted by atomic mass is 35.5. The molecule has 7 nitrogen and oxygen atoms in total. The van der Waals surface area contributed by atoms with Gasteiger partial charge in [-0.1, -0.05) is 23.7 Å². The molecule has 3 aromatic rings. The average molecular weight is 501 g/mol. The summed E-state index contributed by atoms with van der Waals surface area (Å²) in [5.41, 5.74) is 0.872. The number of aromatic nitrogens is 2. The summed E-state index contributed by atoms with van der Waals surface area (Å²) in [5.74, 6) is 1.36. The third-order valence-electron chi connectivity index (χ3n) is 6.81. The van der Waals surface area contributed by atoms with Gasteiger partial charge in [-0.15, -0.1) is 0 Å². The van der Waals surface area contributed by atoms with Gasteiger partial charge in [0.25, 0.3) is 0 Å². The van der Waals surface area contributed by atoms with E-state index in [0.717, 1.165) is 23.7 Å². The Hall–Kier alpha value is -2.26. The summed E-state index contributed by atoms with van der Waals surface area (Å²) in [4.78, 5) is 12.2. The fourth-order valence-corrected chi connectivity index (χ4v) is 6.30. The number of nitrogens with zero attached hydrogens (tertiary/aromatic N) is 4. The highest BCUT2D eigenvalue weighted by molar-refractivity contribution is 7.89. The van der Waals surface area contributed by atoms with Crippen molar-refractivity contribution >= 4 is 32.5 Å². The highest BCUT2D eigenvalue weighted by Gasteiger charge is 2.31. The Kier molecular flexibility index (Phi) is 6.75. The molecule has 2 heterocycles. The molecule has 1 aliphatic heterocycles. The molecule has 1 saturated heterocycles. The van der Waals surface area contributed by atoms with Crippen LogP contribution in [0.1, 0.15) is 44.5 Å². The Morgan fingerprint density at radius 1 is 0.971 bits per heavy atom. The summed E-state index contributed by atoms with van der Waals surface area (Å²) in [6.07, 6.45) is 4.73. The average Bonchev–Trinajstić information content (AvgIpc) is 3.37. The molecule has 5 rings (SSSR count). The molecule has 1 aliphatic carbocycles. The summed E-state index contributed by atoms with van der Waals surface area (Å²) in [6, 6.07) is 14.2. The molecule has 1 aromatic heterocycles. The first-order chi connectivity index (χ1) is 16.4. The second-order valence-corrected chi connectivity index (χ2v) is 11.4. The second kappa shape index (κ2) is 9.77. The van der Waals surface area contributed by atoms with Crippen LogP contribution in [0.3, 0.4) is 0 Å². The SMILES string of the molecule is CC(c1nc(OC2CCCC2)c2ccccc2n1)N1CCN(S(=O)(=O)c2ccc(Cl)cc2)CC1. The summed E-state index contributed by atoms with van der Waals surface area (Å²) in [5, 5.41) is 1.45. The van der Waals surface area contributed by atoms with Gasteiger partial charge in [0.1, 0.15) is 11.9 Å². The van der Waals surface area contributed by atoms with Gasteiger partial charge in [-0.25, -0.2) is 13.4 Å². The predicted molar refractivity (Wildman–Crippen MR) is 133 cm³/mol. The van der Waals surface area contributed by atoms with Gasteiger partial charge in [0.15, 0.2) is 0 Å². The molecule has 1 saturated carbocycles. The summed E-state index contributed by atoms with van der Waals surface area (Å²) in [7, 11) is -3.54. The lowest BCUT2D eigenvalue weighted by Gasteiger charge is -2.36. The van der Waals surface area contributed by atoms with Crippen molar-refractivity contribution in [3.05, 3.63) is 59.4 Å². The van der Waals surface area contributed by atoms with E-state index in [2.05, 4.69) is 11.8 Å². The minimum Gasteiger partial charge on any atom is -0.474 e. The molecule has 2 aliphatic rings. The van der Waals surface area contributed by atoms with Gasteiger partial charge in [-0.05, 0) is 69.0 Å². The topological polar surface area (TPSA) is 75.6 Å². The molecular weight excluding hydrogens is 472 g/mol. The van der Waals surface area contributed by atoms with Crippen molar-refractivity contribution in [3.8, 4) is 5.88 Å². The van der Waals surface area contributed by atoms with E-state index in [1.165, 1.54) is 17.1 Å². The molecule has 1 unspecified atom stereocenters. The van der Waals surface area contributed by atoms with Crippen molar-refractivity contribution in [2.24, 2.45) is 0 Å². The van der Waals surface area contributed by atoms with Crippen LogP contribution in [0.2, 0.25) is 5.02 Å². The van der Waals surface area contributed by atoms with Crippen LogP contribution >= 0.6 is 11.6 Å². The fourth-order valence-electron chi connectivity index (χ4n) is 4.76. The lowest BCUT2D eigenvalue weighted by molar-refractivity contribution is 0.139. The van der Waals surface area contributed by atoms with Crippen molar-refractivity contribution in [1.82, 2.24) is 19.2 Å². The maximum atomic E-state index is 13.0. The van der Waals surface area contributed by atoms with Crippen LogP contribution in [0.15, 0.2) is 53.4 Å². The monoisotopic (exact) mass is 500 g/mol. The number of sulfonamides is 1. The van der Waals surface area contributed by atoms with Crippen LogP contribution in [0.25, 0.3) is 10.9 Å². The van der Waals surface area contributed by atoms with Crippen molar-refractivity contribution < 1.29 is 13.2 Å². The Balaban J connectivity index is 1.33. The second-order valence-electron chi connectivity index (χ2n) is 9.00. The number of fused-ring (bicyclic) bond motifs is 1. The summed E-state index contributed by atoms with van der Waals surface area (Å²) in [6.45, 7) is 4.10. The van der Waals surface area contributed by atoms with Crippen LogP contribution in [0, 0.1) is 0 Å². The van der Waals surface area contributed by atoms with Crippen molar-refractivity contribution in [2.45, 2.75) is 49.6 Å². The highest BCUT2D eigenvalue weighted by Crippen LogP contribution is 2.31. The van der Waals surface area contributed by atoms with E-state index in [-0.39, 0.29) is 17.0 Å². The smallest absolute Gasteiger partial charge is 0.243 e. The zero-order valence-electron chi connectivity index (χ0n) is 19.2. The van der Waals surface area contributed by atoms with Crippen LogP contribution in [0.4, 0.5) is 0 Å². The van der Waals surface area contributed by atoms with Gasteiger partial charge in [-0.3, -0.25) is 4.90 Å². The Bertz CT molecular complexity index is 1250. The number of rotatable bonds is 6. The number of piperazine rings is 1. The lowest BCUT2D eigenvalue weighted by Crippen LogP contribution is -2.49. The van der Waals surface area contributed by atoms with Crippen LogP contribution < -0.4 is 4.74 Å². The maximum absolute atomic E-state index is 13.0. The van der Waals surface area contributed by atoms with Crippen LogP contribution in [-0.4, -0.2) is 59.9 Å². The van der Waals surface area contributed by atoms with Gasteiger partial charge in [0.2, 0.25) is 15.9 Å². The van der Waals surface area contributed by atoms with E-state index in [1.807, 2.05) is 24.3 Å². The lowest BCUT2D eigenvalue weighted by atomic mass is 10.2. The standard InChI is InChI=1S/C25H29ClN4O3S/c1-18(29-14-16-30(17-15-29)34(31,32)21-12-10-19(26)11-13-21)24-27-23-9-5-4-8-22(23)25(28-24)33-20-6-2-3-7-20/h4-5,8-13,18,20H,2-3,6-7,14-17H2,1H3. The largest absolute Gasteiger partial charge is 0.474 e. The van der Waals surface area contributed by atoms with Crippen molar-refractivity contribution in [3.63, 3.8) is 0 Å². The molecule has 0 spiro atoms. The first-order valence-electron chi connectivity index (χ1n) is 11.8. The normalized spacial score (nSPS) is 19.5. The number of benzene rings is 2. The van der Waals surface area contributed by atoms with Gasteiger partial charge in [0, 0.05) is 31.2 Å². The van der Waals surface area contributed by atoms with Crippen LogP contribution in [0.5, 0.6) is 5.88 Å². The molecule has 180 valence electrons.